The fourth-order valence-electron chi connectivity index (χ4n) is 2.12. The van der Waals surface area contributed by atoms with Crippen LogP contribution in [0.25, 0.3) is 0 Å². The Labute approximate surface area is 110 Å². The van der Waals surface area contributed by atoms with E-state index in [1.807, 2.05) is 6.07 Å². The molecule has 1 unspecified atom stereocenters. The average Bonchev–Trinajstić information content (AvgIpc) is 2.77. The van der Waals surface area contributed by atoms with Crippen molar-refractivity contribution in [3.63, 3.8) is 0 Å². The largest absolute Gasteiger partial charge is 0.329 e. The summed E-state index contributed by atoms with van der Waals surface area (Å²) in [6.07, 6.45) is 1.73. The lowest BCUT2D eigenvalue weighted by Gasteiger charge is -2.22. The fourth-order valence-corrected chi connectivity index (χ4v) is 4.43. The quantitative estimate of drug-likeness (QED) is 0.920. The highest BCUT2D eigenvalue weighted by Crippen LogP contribution is 2.26. The molecule has 6 heteroatoms. The Hall–Kier alpha value is -0.430. The predicted molar refractivity (Wildman–Crippen MR) is 70.1 cm³/mol. The minimum Gasteiger partial charge on any atom is -0.329 e. The van der Waals surface area contributed by atoms with Gasteiger partial charge in [0.15, 0.2) is 0 Å². The van der Waals surface area contributed by atoms with Gasteiger partial charge in [-0.1, -0.05) is 22.0 Å². The molecule has 0 radical (unpaired) electrons. The Bertz CT molecular complexity index is 504. The van der Waals surface area contributed by atoms with Crippen LogP contribution in [0.1, 0.15) is 12.8 Å². The van der Waals surface area contributed by atoms with Crippen molar-refractivity contribution in [2.24, 2.45) is 5.73 Å². The zero-order chi connectivity index (χ0) is 12.5. The van der Waals surface area contributed by atoms with Crippen molar-refractivity contribution in [3.05, 3.63) is 28.7 Å². The van der Waals surface area contributed by atoms with Crippen molar-refractivity contribution in [1.29, 1.82) is 0 Å². The van der Waals surface area contributed by atoms with E-state index in [-0.39, 0.29) is 6.04 Å². The third-order valence-electron chi connectivity index (χ3n) is 3.00. The van der Waals surface area contributed by atoms with Crippen LogP contribution < -0.4 is 5.73 Å². The summed E-state index contributed by atoms with van der Waals surface area (Å²) in [7, 11) is -3.40. The summed E-state index contributed by atoms with van der Waals surface area (Å²) in [6.45, 7) is 0.948. The fraction of sp³-hybridized carbons (Fsp3) is 0.455. The number of hydrogen-bond acceptors (Lipinski definition) is 3. The minimum atomic E-state index is -3.40. The molecule has 2 N–H and O–H groups in total. The highest BCUT2D eigenvalue weighted by atomic mass is 79.9. The zero-order valence-electron chi connectivity index (χ0n) is 9.34. The van der Waals surface area contributed by atoms with Crippen LogP contribution in [0.15, 0.2) is 33.6 Å². The smallest absolute Gasteiger partial charge is 0.243 e. The second-order valence-electron chi connectivity index (χ2n) is 4.10. The lowest BCUT2D eigenvalue weighted by atomic mass is 10.2. The van der Waals surface area contributed by atoms with Crippen molar-refractivity contribution >= 4 is 26.0 Å². The van der Waals surface area contributed by atoms with Gasteiger partial charge in [0.1, 0.15) is 0 Å². The van der Waals surface area contributed by atoms with E-state index < -0.39 is 10.0 Å². The van der Waals surface area contributed by atoms with Gasteiger partial charge >= 0.3 is 0 Å². The van der Waals surface area contributed by atoms with E-state index in [4.69, 9.17) is 5.73 Å². The molecule has 2 rings (SSSR count). The van der Waals surface area contributed by atoms with Gasteiger partial charge in [-0.3, -0.25) is 0 Å². The molecule has 0 amide bonds. The van der Waals surface area contributed by atoms with Crippen LogP contribution >= 0.6 is 15.9 Å². The maximum absolute atomic E-state index is 12.4. The number of benzene rings is 1. The minimum absolute atomic E-state index is 0.0565. The Morgan fingerprint density at radius 3 is 2.88 bits per heavy atom. The first-order valence-corrected chi connectivity index (χ1v) is 7.76. The third-order valence-corrected chi connectivity index (χ3v) is 5.44. The first kappa shape index (κ1) is 13.0. The predicted octanol–water partition coefficient (Wildman–Crippen LogP) is 1.56. The number of sulfonamides is 1. The van der Waals surface area contributed by atoms with E-state index in [9.17, 15) is 8.42 Å². The van der Waals surface area contributed by atoms with E-state index in [1.165, 1.54) is 4.31 Å². The first-order valence-electron chi connectivity index (χ1n) is 5.53. The number of nitrogens with zero attached hydrogens (tertiary/aromatic N) is 1. The molecule has 4 nitrogen and oxygen atoms in total. The number of halogens is 1. The molecule has 1 heterocycles. The molecule has 1 aliphatic rings. The maximum atomic E-state index is 12.4. The van der Waals surface area contributed by atoms with Gasteiger partial charge in [-0.2, -0.15) is 4.31 Å². The highest BCUT2D eigenvalue weighted by molar-refractivity contribution is 9.10. The molecule has 94 valence electrons. The maximum Gasteiger partial charge on any atom is 0.243 e. The van der Waals surface area contributed by atoms with Gasteiger partial charge in [-0.25, -0.2) is 8.42 Å². The first-order chi connectivity index (χ1) is 8.05. The summed E-state index contributed by atoms with van der Waals surface area (Å²) in [5, 5.41) is 0. The molecule has 0 aromatic heterocycles. The van der Waals surface area contributed by atoms with Gasteiger partial charge in [-0.15, -0.1) is 0 Å². The monoisotopic (exact) mass is 318 g/mol. The second-order valence-corrected chi connectivity index (χ2v) is 6.91. The topological polar surface area (TPSA) is 63.4 Å². The van der Waals surface area contributed by atoms with Crippen molar-refractivity contribution < 1.29 is 8.42 Å². The van der Waals surface area contributed by atoms with Gasteiger partial charge in [0.25, 0.3) is 0 Å². The van der Waals surface area contributed by atoms with Gasteiger partial charge < -0.3 is 5.73 Å². The molecule has 0 bridgehead atoms. The molecular weight excluding hydrogens is 304 g/mol. The molecule has 1 aromatic carbocycles. The van der Waals surface area contributed by atoms with Crippen LogP contribution in [-0.4, -0.2) is 31.9 Å². The van der Waals surface area contributed by atoms with Crippen LogP contribution in [0.3, 0.4) is 0 Å². The molecule has 1 atom stereocenters. The molecule has 1 aromatic rings. The molecule has 0 saturated carbocycles. The number of rotatable bonds is 3. The molecule has 1 fully saturated rings. The lowest BCUT2D eigenvalue weighted by molar-refractivity contribution is 0.393. The van der Waals surface area contributed by atoms with Crippen molar-refractivity contribution in [2.45, 2.75) is 23.8 Å². The van der Waals surface area contributed by atoms with E-state index in [2.05, 4.69) is 15.9 Å². The van der Waals surface area contributed by atoms with E-state index in [0.717, 1.165) is 17.3 Å². The van der Waals surface area contributed by atoms with Crippen molar-refractivity contribution in [3.8, 4) is 0 Å². The average molecular weight is 319 g/mol. The zero-order valence-corrected chi connectivity index (χ0v) is 11.7. The molecule has 17 heavy (non-hydrogen) atoms. The SMILES string of the molecule is NCC1CCCN1S(=O)(=O)c1cccc(Br)c1. The van der Waals surface area contributed by atoms with Gasteiger partial charge in [-0.05, 0) is 31.0 Å². The van der Waals surface area contributed by atoms with Crippen LogP contribution in [0.2, 0.25) is 0 Å². The lowest BCUT2D eigenvalue weighted by Crippen LogP contribution is -2.39. The van der Waals surface area contributed by atoms with Crippen molar-refractivity contribution in [2.75, 3.05) is 13.1 Å². The van der Waals surface area contributed by atoms with Crippen LogP contribution in [0.5, 0.6) is 0 Å². The van der Waals surface area contributed by atoms with E-state index in [1.54, 1.807) is 18.2 Å². The van der Waals surface area contributed by atoms with Gasteiger partial charge in [0.05, 0.1) is 4.90 Å². The second kappa shape index (κ2) is 5.06. The van der Waals surface area contributed by atoms with Crippen molar-refractivity contribution in [1.82, 2.24) is 4.31 Å². The Morgan fingerprint density at radius 2 is 2.24 bits per heavy atom. The Balaban J connectivity index is 2.36. The van der Waals surface area contributed by atoms with Crippen LogP contribution in [0.4, 0.5) is 0 Å². The van der Waals surface area contributed by atoms with E-state index >= 15 is 0 Å². The third kappa shape index (κ3) is 2.54. The summed E-state index contributed by atoms with van der Waals surface area (Å²) in [5.41, 5.74) is 5.61. The summed E-state index contributed by atoms with van der Waals surface area (Å²) >= 11 is 3.29. The number of nitrogens with two attached hydrogens (primary N) is 1. The molecule has 1 aliphatic heterocycles. The summed E-state index contributed by atoms with van der Waals surface area (Å²) in [4.78, 5) is 0.326. The highest BCUT2D eigenvalue weighted by Gasteiger charge is 2.34. The standard InChI is InChI=1S/C11H15BrN2O2S/c12-9-3-1-5-11(7-9)17(15,16)14-6-2-4-10(14)8-13/h1,3,5,7,10H,2,4,6,8,13H2. The Kier molecular flexibility index (Phi) is 3.87. The molecule has 0 aliphatic carbocycles. The summed E-state index contributed by atoms with van der Waals surface area (Å²) in [6, 6.07) is 6.72. The summed E-state index contributed by atoms with van der Waals surface area (Å²) in [5.74, 6) is 0. The van der Waals surface area contributed by atoms with Crippen LogP contribution in [-0.2, 0) is 10.0 Å². The molecular formula is C11H15BrN2O2S. The van der Waals surface area contributed by atoms with E-state index in [0.29, 0.717) is 18.0 Å². The van der Waals surface area contributed by atoms with Gasteiger partial charge in [0, 0.05) is 23.6 Å². The Morgan fingerprint density at radius 1 is 1.47 bits per heavy atom. The molecule has 0 spiro atoms. The number of hydrogen-bond donors (Lipinski definition) is 1. The normalized spacial score (nSPS) is 21.9. The molecule has 1 saturated heterocycles. The summed E-state index contributed by atoms with van der Waals surface area (Å²) < 4.78 is 27.1. The van der Waals surface area contributed by atoms with Crippen LogP contribution in [0, 0.1) is 0 Å². The van der Waals surface area contributed by atoms with Gasteiger partial charge in [0.2, 0.25) is 10.0 Å².